The van der Waals surface area contributed by atoms with Gasteiger partial charge in [-0.2, -0.15) is 5.26 Å². The first-order chi connectivity index (χ1) is 14.0. The van der Waals surface area contributed by atoms with Crippen LogP contribution in [0.15, 0.2) is 23.6 Å². The predicted octanol–water partition coefficient (Wildman–Crippen LogP) is 4.72. The van der Waals surface area contributed by atoms with E-state index in [2.05, 4.69) is 10.4 Å². The fourth-order valence-corrected chi connectivity index (χ4v) is 5.08. The Bertz CT molecular complexity index is 930. The first-order valence-corrected chi connectivity index (χ1v) is 11.0. The Balaban J connectivity index is 1.39. The van der Waals surface area contributed by atoms with E-state index in [1.54, 1.807) is 17.4 Å². The summed E-state index contributed by atoms with van der Waals surface area (Å²) in [5.41, 5.74) is 2.04. The van der Waals surface area contributed by atoms with Gasteiger partial charge in [0.25, 0.3) is 0 Å². The van der Waals surface area contributed by atoms with Crippen molar-refractivity contribution in [3.63, 3.8) is 0 Å². The summed E-state index contributed by atoms with van der Waals surface area (Å²) in [5.74, 6) is 0.0274. The van der Waals surface area contributed by atoms with Crippen molar-refractivity contribution in [3.05, 3.63) is 51.2 Å². The summed E-state index contributed by atoms with van der Waals surface area (Å²) in [7, 11) is 0. The van der Waals surface area contributed by atoms with Crippen LogP contribution in [0.2, 0.25) is 0 Å². The Morgan fingerprint density at radius 1 is 1.31 bits per heavy atom. The van der Waals surface area contributed by atoms with Crippen molar-refractivity contribution in [2.75, 3.05) is 6.61 Å². The second-order valence-electron chi connectivity index (χ2n) is 7.97. The number of aromatic nitrogens is 1. The second-order valence-corrected chi connectivity index (χ2v) is 9.03. The standard InChI is InChI=1S/C22H24FN3O2S/c1-14-25-20(13-29-14)10-15-2-4-17(5-3-15)22(27)26-21(6-7-28-26)18-8-16(12-24)9-19(23)11-18/h8-9,11,13,15,17,21H,2-7,10H2,1H3/t15-,17-,21-/m0/s1. The van der Waals surface area contributed by atoms with Crippen LogP contribution in [0.4, 0.5) is 4.39 Å². The van der Waals surface area contributed by atoms with Crippen molar-refractivity contribution in [2.24, 2.45) is 11.8 Å². The van der Waals surface area contributed by atoms with Crippen molar-refractivity contribution in [1.82, 2.24) is 10.0 Å². The average Bonchev–Trinajstić information content (AvgIpc) is 3.36. The lowest BCUT2D eigenvalue weighted by molar-refractivity contribution is -0.183. The van der Waals surface area contributed by atoms with Gasteiger partial charge in [0.15, 0.2) is 0 Å². The summed E-state index contributed by atoms with van der Waals surface area (Å²) < 4.78 is 13.9. The third-order valence-corrected chi connectivity index (χ3v) is 6.74. The molecule has 1 aliphatic carbocycles. The first-order valence-electron chi connectivity index (χ1n) is 10.1. The molecule has 2 aliphatic rings. The number of aryl methyl sites for hydroxylation is 1. The topological polar surface area (TPSA) is 66.2 Å². The quantitative estimate of drug-likeness (QED) is 0.728. The van der Waals surface area contributed by atoms with Crippen molar-refractivity contribution < 1.29 is 14.0 Å². The van der Waals surface area contributed by atoms with E-state index >= 15 is 0 Å². The molecule has 1 aromatic carbocycles. The molecule has 152 valence electrons. The molecule has 1 saturated carbocycles. The summed E-state index contributed by atoms with van der Waals surface area (Å²) in [6.45, 7) is 2.45. The van der Waals surface area contributed by atoms with E-state index in [9.17, 15) is 9.18 Å². The number of hydrogen-bond acceptors (Lipinski definition) is 5. The van der Waals surface area contributed by atoms with Gasteiger partial charge in [0.05, 0.1) is 35.0 Å². The van der Waals surface area contributed by atoms with Crippen LogP contribution in [0.3, 0.4) is 0 Å². The van der Waals surface area contributed by atoms with Crippen LogP contribution in [0.1, 0.15) is 60.0 Å². The lowest BCUT2D eigenvalue weighted by Crippen LogP contribution is -2.36. The van der Waals surface area contributed by atoms with Crippen LogP contribution in [0, 0.1) is 35.9 Å². The molecule has 1 amide bonds. The third kappa shape index (κ3) is 4.49. The van der Waals surface area contributed by atoms with Crippen LogP contribution >= 0.6 is 11.3 Å². The molecular formula is C22H24FN3O2S. The Hall–Kier alpha value is -2.30. The largest absolute Gasteiger partial charge is 0.272 e. The van der Waals surface area contributed by atoms with Gasteiger partial charge in [0, 0.05) is 17.7 Å². The maximum absolute atomic E-state index is 13.9. The number of rotatable bonds is 4. The molecule has 0 spiro atoms. The SMILES string of the molecule is Cc1nc(C[C@H]2CC[C@H](C(=O)N3OCC[C@H]3c3cc(F)cc(C#N)c3)CC2)cs1. The Morgan fingerprint density at radius 3 is 2.79 bits per heavy atom. The van der Waals surface area contributed by atoms with Gasteiger partial charge >= 0.3 is 0 Å². The van der Waals surface area contributed by atoms with Crippen molar-refractivity contribution in [1.29, 1.82) is 5.26 Å². The van der Waals surface area contributed by atoms with Crippen LogP contribution in [-0.4, -0.2) is 22.6 Å². The molecule has 7 heteroatoms. The Labute approximate surface area is 174 Å². The predicted molar refractivity (Wildman–Crippen MR) is 107 cm³/mol. The fraction of sp³-hybridized carbons (Fsp3) is 0.500. The van der Waals surface area contributed by atoms with Crippen LogP contribution < -0.4 is 0 Å². The maximum Gasteiger partial charge on any atom is 0.249 e. The normalized spacial score (nSPS) is 24.4. The number of hydroxylamine groups is 2. The number of halogens is 1. The molecule has 2 heterocycles. The molecular weight excluding hydrogens is 389 g/mol. The molecule has 1 atom stereocenters. The van der Waals surface area contributed by atoms with Crippen molar-refractivity contribution >= 4 is 17.2 Å². The summed E-state index contributed by atoms with van der Waals surface area (Å²) in [6, 6.07) is 5.89. The molecule has 2 fully saturated rings. The maximum atomic E-state index is 13.9. The summed E-state index contributed by atoms with van der Waals surface area (Å²) in [5, 5.41) is 13.8. The number of amides is 1. The van der Waals surface area contributed by atoms with E-state index in [1.807, 2.05) is 13.0 Å². The minimum absolute atomic E-state index is 0.0155. The lowest BCUT2D eigenvalue weighted by atomic mass is 9.79. The van der Waals surface area contributed by atoms with E-state index in [0.717, 1.165) is 42.8 Å². The second kappa shape index (κ2) is 8.60. The van der Waals surface area contributed by atoms with E-state index in [0.29, 0.717) is 24.5 Å². The zero-order valence-corrected chi connectivity index (χ0v) is 17.3. The molecule has 0 unspecified atom stereocenters. The molecule has 2 aromatic rings. The van der Waals surface area contributed by atoms with Crippen LogP contribution in [0.25, 0.3) is 0 Å². The van der Waals surface area contributed by atoms with Gasteiger partial charge in [-0.1, -0.05) is 0 Å². The first kappa shape index (κ1) is 20.0. The number of nitriles is 1. The fourth-order valence-electron chi connectivity index (χ4n) is 4.45. The van der Waals surface area contributed by atoms with Crippen LogP contribution in [0.5, 0.6) is 0 Å². The molecule has 4 rings (SSSR count). The van der Waals surface area contributed by atoms with E-state index in [1.165, 1.54) is 17.2 Å². The summed E-state index contributed by atoms with van der Waals surface area (Å²) in [6.07, 6.45) is 5.28. The molecule has 1 aromatic heterocycles. The summed E-state index contributed by atoms with van der Waals surface area (Å²) in [4.78, 5) is 23.3. The number of carbonyl (C=O) groups excluding carboxylic acids is 1. The van der Waals surface area contributed by atoms with Crippen LogP contribution in [-0.2, 0) is 16.1 Å². The highest BCUT2D eigenvalue weighted by molar-refractivity contribution is 7.09. The smallest absolute Gasteiger partial charge is 0.249 e. The van der Waals surface area contributed by atoms with Gasteiger partial charge in [-0.25, -0.2) is 14.4 Å². The molecule has 1 saturated heterocycles. The highest BCUT2D eigenvalue weighted by atomic mass is 32.1. The van der Waals surface area contributed by atoms with Gasteiger partial charge in [0.1, 0.15) is 5.82 Å². The molecule has 1 aliphatic heterocycles. The van der Waals surface area contributed by atoms with Gasteiger partial charge in [-0.3, -0.25) is 9.63 Å². The number of nitrogens with zero attached hydrogens (tertiary/aromatic N) is 3. The van der Waals surface area contributed by atoms with E-state index < -0.39 is 5.82 Å². The van der Waals surface area contributed by atoms with Crippen molar-refractivity contribution in [3.8, 4) is 6.07 Å². The van der Waals surface area contributed by atoms with Crippen molar-refractivity contribution in [2.45, 2.75) is 51.5 Å². The number of hydrogen-bond donors (Lipinski definition) is 0. The van der Waals surface area contributed by atoms with Gasteiger partial charge in [0.2, 0.25) is 5.91 Å². The minimum Gasteiger partial charge on any atom is -0.272 e. The highest BCUT2D eigenvalue weighted by Crippen LogP contribution is 2.37. The van der Waals surface area contributed by atoms with E-state index in [4.69, 9.17) is 10.1 Å². The zero-order chi connectivity index (χ0) is 20.4. The number of benzene rings is 1. The van der Waals surface area contributed by atoms with Gasteiger partial charge in [-0.05, 0) is 68.7 Å². The summed E-state index contributed by atoms with van der Waals surface area (Å²) >= 11 is 1.68. The highest BCUT2D eigenvalue weighted by Gasteiger charge is 2.37. The molecule has 5 nitrogen and oxygen atoms in total. The Morgan fingerprint density at radius 2 is 2.10 bits per heavy atom. The lowest BCUT2D eigenvalue weighted by Gasteiger charge is -2.31. The molecule has 0 bridgehead atoms. The molecule has 0 radical (unpaired) electrons. The average molecular weight is 414 g/mol. The number of carbonyl (C=O) groups is 1. The third-order valence-electron chi connectivity index (χ3n) is 5.92. The van der Waals surface area contributed by atoms with E-state index in [-0.39, 0.29) is 23.4 Å². The zero-order valence-electron chi connectivity index (χ0n) is 16.4. The number of thiazole rings is 1. The van der Waals surface area contributed by atoms with Gasteiger partial charge in [-0.15, -0.1) is 11.3 Å². The monoisotopic (exact) mass is 413 g/mol. The minimum atomic E-state index is -0.462. The molecule has 0 N–H and O–H groups in total. The Kier molecular flexibility index (Phi) is 5.93. The van der Waals surface area contributed by atoms with Gasteiger partial charge < -0.3 is 0 Å². The molecule has 29 heavy (non-hydrogen) atoms.